The van der Waals surface area contributed by atoms with Crippen LogP contribution in [0.4, 0.5) is 0 Å². The highest BCUT2D eigenvalue weighted by molar-refractivity contribution is 6.40. The fourth-order valence-electron chi connectivity index (χ4n) is 1.54. The first-order valence-corrected chi connectivity index (χ1v) is 5.80. The van der Waals surface area contributed by atoms with Crippen molar-refractivity contribution < 1.29 is 14.1 Å². The lowest BCUT2D eigenvalue weighted by molar-refractivity contribution is 0.0601. The molecule has 2 rings (SSSR count). The maximum Gasteiger partial charge on any atom is 0.339 e. The van der Waals surface area contributed by atoms with Crippen molar-refractivity contribution in [1.29, 1.82) is 0 Å². The molecule has 0 amide bonds. The van der Waals surface area contributed by atoms with Crippen molar-refractivity contribution in [3.05, 3.63) is 39.6 Å². The van der Waals surface area contributed by atoms with Gasteiger partial charge in [-0.1, -0.05) is 28.4 Å². The van der Waals surface area contributed by atoms with Gasteiger partial charge in [-0.2, -0.15) is 0 Å². The van der Waals surface area contributed by atoms with Gasteiger partial charge >= 0.3 is 5.97 Å². The maximum atomic E-state index is 11.5. The van der Waals surface area contributed by atoms with E-state index >= 15 is 0 Å². The van der Waals surface area contributed by atoms with E-state index in [0.717, 1.165) is 0 Å². The van der Waals surface area contributed by atoms with E-state index in [2.05, 4.69) is 9.89 Å². The second-order valence-corrected chi connectivity index (χ2v) is 4.38. The molecule has 18 heavy (non-hydrogen) atoms. The van der Waals surface area contributed by atoms with Crippen molar-refractivity contribution >= 4 is 29.2 Å². The lowest BCUT2D eigenvalue weighted by Gasteiger charge is -2.07. The Kier molecular flexibility index (Phi) is 3.59. The molecule has 1 aromatic carbocycles. The summed E-state index contributed by atoms with van der Waals surface area (Å²) in [6, 6.07) is 4.76. The first-order valence-electron chi connectivity index (χ1n) is 5.04. The largest absolute Gasteiger partial charge is 0.465 e. The first-order chi connectivity index (χ1) is 8.54. The number of aromatic nitrogens is 1. The van der Waals surface area contributed by atoms with Crippen LogP contribution < -0.4 is 0 Å². The summed E-state index contributed by atoms with van der Waals surface area (Å²) < 4.78 is 9.61. The summed E-state index contributed by atoms with van der Waals surface area (Å²) in [4.78, 5) is 11.5. The zero-order valence-electron chi connectivity index (χ0n) is 9.66. The van der Waals surface area contributed by atoms with Crippen molar-refractivity contribution in [1.82, 2.24) is 5.16 Å². The second-order valence-electron chi connectivity index (χ2n) is 3.60. The highest BCUT2D eigenvalue weighted by Gasteiger charge is 2.19. The molecule has 0 radical (unpaired) electrons. The fourth-order valence-corrected chi connectivity index (χ4v) is 2.18. The third kappa shape index (κ3) is 2.21. The van der Waals surface area contributed by atoms with Crippen LogP contribution in [0.3, 0.4) is 0 Å². The lowest BCUT2D eigenvalue weighted by atomic mass is 10.1. The molecule has 0 saturated carbocycles. The first kappa shape index (κ1) is 12.9. The van der Waals surface area contributed by atoms with Crippen LogP contribution in [0.1, 0.15) is 16.1 Å². The fraction of sp³-hybridized carbons (Fsp3) is 0.167. The average Bonchev–Trinajstić information content (AvgIpc) is 2.75. The van der Waals surface area contributed by atoms with E-state index < -0.39 is 5.97 Å². The third-order valence-corrected chi connectivity index (χ3v) is 3.09. The summed E-state index contributed by atoms with van der Waals surface area (Å²) in [5, 5.41) is 4.42. The average molecular weight is 286 g/mol. The highest BCUT2D eigenvalue weighted by Crippen LogP contribution is 2.36. The minimum atomic E-state index is -0.530. The normalized spacial score (nSPS) is 10.4. The number of hydrogen-bond acceptors (Lipinski definition) is 4. The number of carbonyl (C=O) groups excluding carboxylic acids is 1. The molecule has 0 aliphatic rings. The van der Waals surface area contributed by atoms with Crippen LogP contribution in [0.5, 0.6) is 0 Å². The number of rotatable bonds is 2. The van der Waals surface area contributed by atoms with E-state index in [0.29, 0.717) is 22.0 Å². The summed E-state index contributed by atoms with van der Waals surface area (Å²) >= 11 is 12.2. The number of methoxy groups -OCH3 is 1. The maximum absolute atomic E-state index is 11.5. The Labute approximate surface area is 113 Å². The Balaban J connectivity index is 2.63. The van der Waals surface area contributed by atoms with E-state index in [4.69, 9.17) is 27.7 Å². The quantitative estimate of drug-likeness (QED) is 0.789. The molecule has 0 fully saturated rings. The molecular weight excluding hydrogens is 277 g/mol. The molecule has 94 valence electrons. The van der Waals surface area contributed by atoms with E-state index in [1.165, 1.54) is 13.2 Å². The Morgan fingerprint density at radius 1 is 1.39 bits per heavy atom. The third-order valence-electron chi connectivity index (χ3n) is 2.38. The second kappa shape index (κ2) is 5.00. The molecule has 0 bridgehead atoms. The van der Waals surface area contributed by atoms with Crippen LogP contribution in [-0.2, 0) is 4.74 Å². The van der Waals surface area contributed by atoms with Gasteiger partial charge in [-0.05, 0) is 19.1 Å². The van der Waals surface area contributed by atoms with Crippen molar-refractivity contribution in [2.24, 2.45) is 0 Å². The van der Waals surface area contributed by atoms with Crippen LogP contribution in [0.15, 0.2) is 22.7 Å². The number of nitrogens with zero attached hydrogens (tertiary/aromatic N) is 1. The van der Waals surface area contributed by atoms with Gasteiger partial charge in [0.15, 0.2) is 0 Å². The zero-order chi connectivity index (χ0) is 13.3. The van der Waals surface area contributed by atoms with Crippen LogP contribution >= 0.6 is 23.2 Å². The van der Waals surface area contributed by atoms with Crippen LogP contribution in [0.2, 0.25) is 10.0 Å². The van der Waals surface area contributed by atoms with Crippen molar-refractivity contribution in [3.63, 3.8) is 0 Å². The Bertz CT molecular complexity index is 607. The molecular formula is C12H9Cl2NO3. The standard InChI is InChI=1S/C12H9Cl2NO3/c1-6-5-9(15-18-6)10-8(13)4-3-7(11(10)14)12(16)17-2/h3-5H,1-2H3. The van der Waals surface area contributed by atoms with Crippen LogP contribution in [0, 0.1) is 6.92 Å². The molecule has 6 heteroatoms. The van der Waals surface area contributed by atoms with Crippen LogP contribution in [-0.4, -0.2) is 18.2 Å². The summed E-state index contributed by atoms with van der Waals surface area (Å²) in [6.45, 7) is 1.75. The SMILES string of the molecule is COC(=O)c1ccc(Cl)c(-c2cc(C)on2)c1Cl. The molecule has 4 nitrogen and oxygen atoms in total. The molecule has 0 aliphatic heterocycles. The van der Waals surface area contributed by atoms with Crippen molar-refractivity contribution in [3.8, 4) is 11.3 Å². The summed E-state index contributed by atoms with van der Waals surface area (Å²) in [5.74, 6) is 0.0961. The number of halogens is 2. The molecule has 0 spiro atoms. The Morgan fingerprint density at radius 3 is 2.67 bits per heavy atom. The molecule has 0 atom stereocenters. The molecule has 0 aliphatic carbocycles. The number of benzene rings is 1. The summed E-state index contributed by atoms with van der Waals surface area (Å²) in [6.07, 6.45) is 0. The van der Waals surface area contributed by atoms with Gasteiger partial charge in [0.1, 0.15) is 11.5 Å². The van der Waals surface area contributed by atoms with Gasteiger partial charge in [0.2, 0.25) is 0 Å². The molecule has 0 saturated heterocycles. The predicted octanol–water partition coefficient (Wildman–Crippen LogP) is 3.74. The Hall–Kier alpha value is -1.52. The molecule has 0 N–H and O–H groups in total. The van der Waals surface area contributed by atoms with E-state index in [-0.39, 0.29) is 10.6 Å². The van der Waals surface area contributed by atoms with Crippen molar-refractivity contribution in [2.45, 2.75) is 6.92 Å². The van der Waals surface area contributed by atoms with Gasteiger partial charge in [0.25, 0.3) is 0 Å². The van der Waals surface area contributed by atoms with E-state index in [9.17, 15) is 4.79 Å². The van der Waals surface area contributed by atoms with E-state index in [1.807, 2.05) is 0 Å². The summed E-state index contributed by atoms with van der Waals surface area (Å²) in [5.41, 5.74) is 1.17. The van der Waals surface area contributed by atoms with E-state index in [1.54, 1.807) is 19.1 Å². The summed E-state index contributed by atoms with van der Waals surface area (Å²) in [7, 11) is 1.28. The Morgan fingerprint density at radius 2 is 2.11 bits per heavy atom. The molecule has 1 aromatic heterocycles. The van der Waals surface area contributed by atoms with Gasteiger partial charge in [0.05, 0.1) is 22.7 Å². The monoisotopic (exact) mass is 285 g/mol. The van der Waals surface area contributed by atoms with Gasteiger partial charge < -0.3 is 9.26 Å². The molecule has 2 aromatic rings. The van der Waals surface area contributed by atoms with Gasteiger partial charge in [-0.15, -0.1) is 0 Å². The molecule has 0 unspecified atom stereocenters. The topological polar surface area (TPSA) is 52.3 Å². The number of ether oxygens (including phenoxy) is 1. The zero-order valence-corrected chi connectivity index (χ0v) is 11.2. The highest BCUT2D eigenvalue weighted by atomic mass is 35.5. The van der Waals surface area contributed by atoms with Crippen LogP contribution in [0.25, 0.3) is 11.3 Å². The van der Waals surface area contributed by atoms with Gasteiger partial charge in [-0.3, -0.25) is 0 Å². The molecule has 1 heterocycles. The number of esters is 1. The van der Waals surface area contributed by atoms with Gasteiger partial charge in [0, 0.05) is 11.6 Å². The minimum Gasteiger partial charge on any atom is -0.465 e. The lowest BCUT2D eigenvalue weighted by Crippen LogP contribution is -2.03. The predicted molar refractivity (Wildman–Crippen MR) is 68.0 cm³/mol. The number of hydrogen-bond donors (Lipinski definition) is 0. The minimum absolute atomic E-state index is 0.197. The van der Waals surface area contributed by atoms with Crippen molar-refractivity contribution in [2.75, 3.05) is 7.11 Å². The van der Waals surface area contributed by atoms with Gasteiger partial charge in [-0.25, -0.2) is 4.79 Å². The smallest absolute Gasteiger partial charge is 0.339 e. The number of aryl methyl sites for hydroxylation is 1. The number of carbonyl (C=O) groups is 1.